The number of hydrogen-bond acceptors (Lipinski definition) is 6. The molecular formula is C19H22N6. The van der Waals surface area contributed by atoms with Crippen molar-refractivity contribution in [1.29, 1.82) is 0 Å². The van der Waals surface area contributed by atoms with Crippen molar-refractivity contribution in [2.24, 2.45) is 0 Å². The van der Waals surface area contributed by atoms with Crippen LogP contribution in [0.25, 0.3) is 11.4 Å². The first kappa shape index (κ1) is 17.0. The van der Waals surface area contributed by atoms with Crippen LogP contribution in [0, 0.1) is 0 Å². The summed E-state index contributed by atoms with van der Waals surface area (Å²) in [6, 6.07) is 8.46. The zero-order valence-corrected chi connectivity index (χ0v) is 14.8. The molecule has 0 bridgehead atoms. The number of aromatic nitrogens is 4. The van der Waals surface area contributed by atoms with Crippen molar-refractivity contribution in [3.05, 3.63) is 66.5 Å². The Morgan fingerprint density at radius 1 is 0.840 bits per heavy atom. The average Bonchev–Trinajstić information content (AvgIpc) is 2.63. The maximum atomic E-state index is 4.43. The van der Waals surface area contributed by atoms with Crippen LogP contribution < -0.4 is 4.90 Å². The minimum atomic E-state index is 0.643. The highest BCUT2D eigenvalue weighted by Crippen LogP contribution is 2.20. The van der Waals surface area contributed by atoms with E-state index in [4.69, 9.17) is 0 Å². The highest BCUT2D eigenvalue weighted by molar-refractivity contribution is 5.52. The summed E-state index contributed by atoms with van der Waals surface area (Å²) in [5.74, 6) is 0.643. The Bertz CT molecular complexity index is 802. The quantitative estimate of drug-likeness (QED) is 0.691. The van der Waals surface area contributed by atoms with Crippen LogP contribution in [0.3, 0.4) is 0 Å². The van der Waals surface area contributed by atoms with Gasteiger partial charge in [0.25, 0.3) is 0 Å². The van der Waals surface area contributed by atoms with E-state index in [0.29, 0.717) is 5.82 Å². The molecule has 0 saturated heterocycles. The molecule has 0 fully saturated rings. The third-order valence-electron chi connectivity index (χ3n) is 3.89. The molecule has 2 aromatic heterocycles. The van der Waals surface area contributed by atoms with Crippen LogP contribution in [0.2, 0.25) is 0 Å². The SMILES string of the molecule is CN(Cc1cnc(-c2cncnc2)nc1)Cc1ccccc1N(C)C. The molecule has 3 aromatic rings. The monoisotopic (exact) mass is 334 g/mol. The van der Waals surface area contributed by atoms with Gasteiger partial charge in [0.1, 0.15) is 6.33 Å². The van der Waals surface area contributed by atoms with Crippen molar-refractivity contribution in [2.75, 3.05) is 26.0 Å². The zero-order chi connectivity index (χ0) is 17.6. The minimum absolute atomic E-state index is 0.643. The van der Waals surface area contributed by atoms with Gasteiger partial charge in [0.2, 0.25) is 0 Å². The number of rotatable bonds is 6. The number of benzene rings is 1. The molecule has 1 aromatic carbocycles. The van der Waals surface area contributed by atoms with Gasteiger partial charge in [-0.15, -0.1) is 0 Å². The number of para-hydroxylation sites is 1. The molecule has 0 aliphatic heterocycles. The van der Waals surface area contributed by atoms with Crippen LogP contribution in [-0.2, 0) is 13.1 Å². The number of hydrogen-bond donors (Lipinski definition) is 0. The van der Waals surface area contributed by atoms with Gasteiger partial charge in [-0.05, 0) is 18.7 Å². The number of nitrogens with zero attached hydrogens (tertiary/aromatic N) is 6. The summed E-state index contributed by atoms with van der Waals surface area (Å²) in [5, 5.41) is 0. The van der Waals surface area contributed by atoms with Crippen molar-refractivity contribution in [1.82, 2.24) is 24.8 Å². The van der Waals surface area contributed by atoms with Gasteiger partial charge in [-0.1, -0.05) is 18.2 Å². The zero-order valence-electron chi connectivity index (χ0n) is 14.8. The first-order valence-corrected chi connectivity index (χ1v) is 8.13. The lowest BCUT2D eigenvalue weighted by molar-refractivity contribution is 0.318. The maximum Gasteiger partial charge on any atom is 0.162 e. The molecule has 6 heteroatoms. The maximum absolute atomic E-state index is 4.43. The van der Waals surface area contributed by atoms with E-state index in [1.165, 1.54) is 17.6 Å². The first-order chi connectivity index (χ1) is 12.1. The summed E-state index contributed by atoms with van der Waals surface area (Å²) in [6.45, 7) is 1.65. The molecule has 0 aliphatic rings. The predicted octanol–water partition coefficient (Wildman–Crippen LogP) is 2.63. The summed E-state index contributed by atoms with van der Waals surface area (Å²) in [7, 11) is 6.24. The Morgan fingerprint density at radius 3 is 2.20 bits per heavy atom. The second-order valence-corrected chi connectivity index (χ2v) is 6.24. The van der Waals surface area contributed by atoms with Gasteiger partial charge in [-0.25, -0.2) is 19.9 Å². The molecule has 0 radical (unpaired) electrons. The Morgan fingerprint density at radius 2 is 1.52 bits per heavy atom. The average molecular weight is 334 g/mol. The smallest absolute Gasteiger partial charge is 0.162 e. The summed E-state index contributed by atoms with van der Waals surface area (Å²) in [4.78, 5) is 21.3. The summed E-state index contributed by atoms with van der Waals surface area (Å²) < 4.78 is 0. The second-order valence-electron chi connectivity index (χ2n) is 6.24. The van der Waals surface area contributed by atoms with E-state index in [1.807, 2.05) is 12.4 Å². The van der Waals surface area contributed by atoms with Gasteiger partial charge < -0.3 is 4.90 Å². The van der Waals surface area contributed by atoms with Gasteiger partial charge in [0, 0.05) is 63.2 Å². The van der Waals surface area contributed by atoms with Crippen LogP contribution in [0.5, 0.6) is 0 Å². The molecule has 0 amide bonds. The van der Waals surface area contributed by atoms with Crippen molar-refractivity contribution in [3.8, 4) is 11.4 Å². The minimum Gasteiger partial charge on any atom is -0.377 e. The number of anilines is 1. The predicted molar refractivity (Wildman–Crippen MR) is 99.0 cm³/mol. The highest BCUT2D eigenvalue weighted by atomic mass is 15.1. The fourth-order valence-corrected chi connectivity index (χ4v) is 2.74. The fraction of sp³-hybridized carbons (Fsp3) is 0.263. The Balaban J connectivity index is 1.66. The van der Waals surface area contributed by atoms with Gasteiger partial charge in [0.05, 0.1) is 5.56 Å². The molecule has 0 spiro atoms. The lowest BCUT2D eigenvalue weighted by atomic mass is 10.1. The lowest BCUT2D eigenvalue weighted by Gasteiger charge is -2.22. The van der Waals surface area contributed by atoms with Crippen LogP contribution >= 0.6 is 0 Å². The van der Waals surface area contributed by atoms with Crippen molar-refractivity contribution in [3.63, 3.8) is 0 Å². The molecule has 0 saturated carbocycles. The van der Waals surface area contributed by atoms with Gasteiger partial charge in [-0.3, -0.25) is 4.90 Å². The molecule has 0 N–H and O–H groups in total. The van der Waals surface area contributed by atoms with Gasteiger partial charge >= 0.3 is 0 Å². The normalized spacial score (nSPS) is 10.9. The van der Waals surface area contributed by atoms with E-state index in [0.717, 1.165) is 24.2 Å². The lowest BCUT2D eigenvalue weighted by Crippen LogP contribution is -2.20. The molecule has 128 valence electrons. The van der Waals surface area contributed by atoms with E-state index < -0.39 is 0 Å². The summed E-state index contributed by atoms with van der Waals surface area (Å²) in [6.07, 6.45) is 8.66. The third kappa shape index (κ3) is 4.36. The largest absolute Gasteiger partial charge is 0.377 e. The molecule has 0 aliphatic carbocycles. The van der Waals surface area contributed by atoms with Crippen LogP contribution in [0.4, 0.5) is 5.69 Å². The topological polar surface area (TPSA) is 58.0 Å². The molecule has 0 atom stereocenters. The standard InChI is InChI=1S/C19H22N6/c1-24(2)18-7-5-4-6-16(18)13-25(3)12-15-8-22-19(23-9-15)17-10-20-14-21-11-17/h4-11,14H,12-13H2,1-3H3. The van der Waals surface area contributed by atoms with E-state index >= 15 is 0 Å². The van der Waals surface area contributed by atoms with Crippen LogP contribution in [0.1, 0.15) is 11.1 Å². The van der Waals surface area contributed by atoms with Crippen LogP contribution in [0.15, 0.2) is 55.4 Å². The second kappa shape index (κ2) is 7.81. The fourth-order valence-electron chi connectivity index (χ4n) is 2.74. The van der Waals surface area contributed by atoms with Crippen molar-refractivity contribution < 1.29 is 0 Å². The first-order valence-electron chi connectivity index (χ1n) is 8.13. The molecular weight excluding hydrogens is 312 g/mol. The van der Waals surface area contributed by atoms with E-state index in [9.17, 15) is 0 Å². The summed E-state index contributed by atoms with van der Waals surface area (Å²) in [5.41, 5.74) is 4.44. The van der Waals surface area contributed by atoms with Crippen LogP contribution in [-0.4, -0.2) is 46.0 Å². The molecule has 2 heterocycles. The van der Waals surface area contributed by atoms with Gasteiger partial charge in [0.15, 0.2) is 5.82 Å². The Hall–Kier alpha value is -2.86. The highest BCUT2D eigenvalue weighted by Gasteiger charge is 2.08. The Kier molecular flexibility index (Phi) is 5.30. The van der Waals surface area contributed by atoms with E-state index in [-0.39, 0.29) is 0 Å². The molecule has 0 unspecified atom stereocenters. The van der Waals surface area contributed by atoms with Crippen molar-refractivity contribution in [2.45, 2.75) is 13.1 Å². The molecule has 3 rings (SSSR count). The van der Waals surface area contributed by atoms with E-state index in [2.05, 4.69) is 75.1 Å². The van der Waals surface area contributed by atoms with Gasteiger partial charge in [-0.2, -0.15) is 0 Å². The third-order valence-corrected chi connectivity index (χ3v) is 3.89. The molecule has 6 nitrogen and oxygen atoms in total. The summed E-state index contributed by atoms with van der Waals surface area (Å²) >= 11 is 0. The van der Waals surface area contributed by atoms with E-state index in [1.54, 1.807) is 12.4 Å². The molecule has 25 heavy (non-hydrogen) atoms. The van der Waals surface area contributed by atoms with Crippen molar-refractivity contribution >= 4 is 5.69 Å². The Labute approximate surface area is 148 Å².